The summed E-state index contributed by atoms with van der Waals surface area (Å²) in [5.74, 6) is -1.40. The lowest BCUT2D eigenvalue weighted by molar-refractivity contribution is -0.128. The van der Waals surface area contributed by atoms with Crippen molar-refractivity contribution in [2.75, 3.05) is 7.05 Å². The normalized spacial score (nSPS) is 24.8. The maximum absolute atomic E-state index is 12.2. The number of aliphatic hydroxyl groups is 2. The van der Waals surface area contributed by atoms with E-state index in [1.807, 2.05) is 19.1 Å². The molecule has 1 aliphatic rings. The standard InChI is InChI=1S/C16H25NO4/c1-5-6-7-8-9-10(2)14(19)12-15(20)13(11(3)18)17(4)16(12)21/h5-6,10-11,13,18-19H,7-9H2,1-4H3/b6-5+,14-12-/t10-,11+,13+/m1/s1. The molecule has 21 heavy (non-hydrogen) atoms. The van der Waals surface area contributed by atoms with Gasteiger partial charge in [0.25, 0.3) is 5.91 Å². The van der Waals surface area contributed by atoms with Gasteiger partial charge in [0.05, 0.1) is 6.10 Å². The molecule has 0 aliphatic carbocycles. The van der Waals surface area contributed by atoms with E-state index in [2.05, 4.69) is 0 Å². The number of nitrogens with zero attached hydrogens (tertiary/aromatic N) is 1. The summed E-state index contributed by atoms with van der Waals surface area (Å²) in [5.41, 5.74) is -0.165. The molecule has 1 rings (SSSR count). The quantitative estimate of drug-likeness (QED) is 0.258. The summed E-state index contributed by atoms with van der Waals surface area (Å²) in [4.78, 5) is 25.6. The molecule has 1 heterocycles. The van der Waals surface area contributed by atoms with E-state index < -0.39 is 23.8 Å². The Balaban J connectivity index is 2.89. The molecule has 0 aromatic rings. The number of hydrogen-bond acceptors (Lipinski definition) is 4. The third kappa shape index (κ3) is 3.73. The number of likely N-dealkylation sites (tertiary alicyclic amines) is 1. The summed E-state index contributed by atoms with van der Waals surface area (Å²) >= 11 is 0. The maximum atomic E-state index is 12.2. The molecular weight excluding hydrogens is 270 g/mol. The zero-order chi connectivity index (χ0) is 16.2. The fourth-order valence-corrected chi connectivity index (χ4v) is 2.60. The predicted molar refractivity (Wildman–Crippen MR) is 80.7 cm³/mol. The minimum Gasteiger partial charge on any atom is -0.511 e. The van der Waals surface area contributed by atoms with Crippen LogP contribution in [-0.4, -0.2) is 46.0 Å². The lowest BCUT2D eigenvalue weighted by Crippen LogP contribution is -2.40. The number of allylic oxidation sites excluding steroid dienone is 3. The van der Waals surface area contributed by atoms with E-state index in [9.17, 15) is 19.8 Å². The van der Waals surface area contributed by atoms with Gasteiger partial charge in [-0.3, -0.25) is 9.59 Å². The Morgan fingerprint density at radius 2 is 2.00 bits per heavy atom. The molecule has 1 amide bonds. The van der Waals surface area contributed by atoms with Crippen LogP contribution < -0.4 is 0 Å². The molecule has 1 aliphatic heterocycles. The molecule has 5 nitrogen and oxygen atoms in total. The molecular formula is C16H25NO4. The van der Waals surface area contributed by atoms with Gasteiger partial charge in [-0.1, -0.05) is 19.1 Å². The summed E-state index contributed by atoms with van der Waals surface area (Å²) in [7, 11) is 1.47. The van der Waals surface area contributed by atoms with Crippen molar-refractivity contribution in [2.45, 2.75) is 52.2 Å². The average molecular weight is 295 g/mol. The Bertz CT molecular complexity index is 465. The monoisotopic (exact) mass is 295 g/mol. The van der Waals surface area contributed by atoms with Gasteiger partial charge in [-0.2, -0.15) is 0 Å². The van der Waals surface area contributed by atoms with Crippen LogP contribution in [0.1, 0.15) is 40.0 Å². The first-order valence-electron chi connectivity index (χ1n) is 7.36. The highest BCUT2D eigenvalue weighted by Crippen LogP contribution is 2.28. The van der Waals surface area contributed by atoms with Crippen molar-refractivity contribution in [3.63, 3.8) is 0 Å². The number of carbonyl (C=O) groups is 2. The number of ketones is 1. The molecule has 0 aromatic carbocycles. The van der Waals surface area contributed by atoms with Gasteiger partial charge in [0.2, 0.25) is 0 Å². The molecule has 1 saturated heterocycles. The van der Waals surface area contributed by atoms with Crippen molar-refractivity contribution in [2.24, 2.45) is 5.92 Å². The minimum atomic E-state index is -0.957. The van der Waals surface area contributed by atoms with Gasteiger partial charge in [0.1, 0.15) is 17.4 Å². The van der Waals surface area contributed by atoms with Crippen LogP contribution >= 0.6 is 0 Å². The van der Waals surface area contributed by atoms with Crippen molar-refractivity contribution < 1.29 is 19.8 Å². The highest BCUT2D eigenvalue weighted by molar-refractivity contribution is 6.26. The summed E-state index contributed by atoms with van der Waals surface area (Å²) in [6.45, 7) is 5.21. The molecule has 0 bridgehead atoms. The fraction of sp³-hybridized carbons (Fsp3) is 0.625. The van der Waals surface area contributed by atoms with Crippen molar-refractivity contribution in [1.29, 1.82) is 0 Å². The number of carbonyl (C=O) groups excluding carboxylic acids is 2. The van der Waals surface area contributed by atoms with Crippen molar-refractivity contribution >= 4 is 11.7 Å². The SMILES string of the molecule is C/C=C/CCC[C@@H](C)/C(O)=C1\C(=O)[C@H]([C@H](C)O)N(C)C1=O. The lowest BCUT2D eigenvalue weighted by atomic mass is 9.95. The van der Waals surface area contributed by atoms with Crippen LogP contribution in [0, 0.1) is 5.92 Å². The average Bonchev–Trinajstić information content (AvgIpc) is 2.64. The van der Waals surface area contributed by atoms with Crippen molar-refractivity contribution in [1.82, 2.24) is 4.90 Å². The molecule has 0 saturated carbocycles. The van der Waals surface area contributed by atoms with Crippen molar-refractivity contribution in [3.8, 4) is 0 Å². The summed E-state index contributed by atoms with van der Waals surface area (Å²) in [5, 5.41) is 19.9. The lowest BCUT2D eigenvalue weighted by Gasteiger charge is -2.19. The summed E-state index contributed by atoms with van der Waals surface area (Å²) in [6, 6.07) is -0.898. The van der Waals surface area contributed by atoms with E-state index in [0.29, 0.717) is 6.42 Å². The topological polar surface area (TPSA) is 77.8 Å². The zero-order valence-electron chi connectivity index (χ0n) is 13.2. The highest BCUT2D eigenvalue weighted by atomic mass is 16.3. The van der Waals surface area contributed by atoms with Crippen LogP contribution in [0.2, 0.25) is 0 Å². The number of rotatable bonds is 6. The Morgan fingerprint density at radius 3 is 2.48 bits per heavy atom. The van der Waals surface area contributed by atoms with E-state index in [1.54, 1.807) is 6.92 Å². The second kappa shape index (κ2) is 7.41. The van der Waals surface area contributed by atoms with Gasteiger partial charge >= 0.3 is 0 Å². The Hall–Kier alpha value is -1.62. The van der Waals surface area contributed by atoms with Crippen LogP contribution in [0.25, 0.3) is 0 Å². The van der Waals surface area contributed by atoms with Crippen LogP contribution in [-0.2, 0) is 9.59 Å². The van der Waals surface area contributed by atoms with Crippen LogP contribution in [0.4, 0.5) is 0 Å². The molecule has 0 radical (unpaired) electrons. The van der Waals surface area contributed by atoms with Crippen LogP contribution in [0.5, 0.6) is 0 Å². The molecule has 0 spiro atoms. The van der Waals surface area contributed by atoms with Gasteiger partial charge in [-0.25, -0.2) is 0 Å². The predicted octanol–water partition coefficient (Wildman–Crippen LogP) is 1.97. The first kappa shape index (κ1) is 17.4. The van der Waals surface area contributed by atoms with Crippen LogP contribution in [0.3, 0.4) is 0 Å². The molecule has 5 heteroatoms. The third-order valence-corrected chi connectivity index (χ3v) is 3.89. The molecule has 3 atom stereocenters. The number of hydrogen-bond donors (Lipinski definition) is 2. The number of amides is 1. The van der Waals surface area contributed by atoms with E-state index in [0.717, 1.165) is 12.8 Å². The maximum Gasteiger partial charge on any atom is 0.261 e. The number of unbranched alkanes of at least 4 members (excludes halogenated alkanes) is 1. The number of aliphatic hydroxyl groups excluding tert-OH is 2. The van der Waals surface area contributed by atoms with Crippen LogP contribution in [0.15, 0.2) is 23.5 Å². The Morgan fingerprint density at radius 1 is 1.38 bits per heavy atom. The van der Waals surface area contributed by atoms with E-state index >= 15 is 0 Å². The van der Waals surface area contributed by atoms with E-state index in [4.69, 9.17) is 0 Å². The molecule has 2 N–H and O–H groups in total. The van der Waals surface area contributed by atoms with E-state index in [-0.39, 0.29) is 17.3 Å². The van der Waals surface area contributed by atoms with Crippen molar-refractivity contribution in [3.05, 3.63) is 23.5 Å². The molecule has 0 aromatic heterocycles. The molecule has 1 fully saturated rings. The highest BCUT2D eigenvalue weighted by Gasteiger charge is 2.45. The fourth-order valence-electron chi connectivity index (χ4n) is 2.60. The minimum absolute atomic E-state index is 0.152. The first-order chi connectivity index (χ1) is 9.82. The van der Waals surface area contributed by atoms with Gasteiger partial charge in [0.15, 0.2) is 5.78 Å². The molecule has 118 valence electrons. The van der Waals surface area contributed by atoms with Gasteiger partial charge in [0, 0.05) is 13.0 Å². The summed E-state index contributed by atoms with van der Waals surface area (Å²) in [6.07, 6.45) is 5.53. The number of Topliss-reactive ketones (excluding diaryl/α,β-unsaturated/α-hetero) is 1. The smallest absolute Gasteiger partial charge is 0.261 e. The Labute approximate surface area is 125 Å². The second-order valence-corrected chi connectivity index (χ2v) is 5.63. The van der Waals surface area contributed by atoms with Gasteiger partial charge in [-0.15, -0.1) is 0 Å². The van der Waals surface area contributed by atoms with Gasteiger partial charge < -0.3 is 15.1 Å². The number of likely N-dealkylation sites (N-methyl/N-ethyl adjacent to an activating group) is 1. The summed E-state index contributed by atoms with van der Waals surface area (Å²) < 4.78 is 0. The third-order valence-electron chi connectivity index (χ3n) is 3.89. The zero-order valence-corrected chi connectivity index (χ0v) is 13.2. The largest absolute Gasteiger partial charge is 0.511 e. The first-order valence-corrected chi connectivity index (χ1v) is 7.36. The van der Waals surface area contributed by atoms with E-state index in [1.165, 1.54) is 18.9 Å². The second-order valence-electron chi connectivity index (χ2n) is 5.63. The molecule has 0 unspecified atom stereocenters. The Kier molecular flexibility index (Phi) is 6.15. The van der Waals surface area contributed by atoms with Gasteiger partial charge in [-0.05, 0) is 33.1 Å².